The van der Waals surface area contributed by atoms with E-state index >= 15 is 0 Å². The zero-order valence-corrected chi connectivity index (χ0v) is 39.1. The monoisotopic (exact) mass is 883 g/mol. The van der Waals surface area contributed by atoms with Crippen molar-refractivity contribution in [1.82, 2.24) is 0 Å². The lowest BCUT2D eigenvalue weighted by atomic mass is 9.65. The number of benzene rings is 4. The van der Waals surface area contributed by atoms with Gasteiger partial charge in [0.2, 0.25) is 0 Å². The van der Waals surface area contributed by atoms with E-state index in [4.69, 9.17) is 28.6 Å². The van der Waals surface area contributed by atoms with Crippen molar-refractivity contribution in [2.45, 2.75) is 92.9 Å². The Morgan fingerprint density at radius 3 is 1.82 bits per heavy atom. The number of allylic oxidation sites excluding steroid dienone is 11. The van der Waals surface area contributed by atoms with Crippen LogP contribution in [0.15, 0.2) is 188 Å². The third-order valence-electron chi connectivity index (χ3n) is 13.3. The van der Waals surface area contributed by atoms with Gasteiger partial charge in [-0.2, -0.15) is 14.0 Å². The van der Waals surface area contributed by atoms with Crippen LogP contribution in [0.25, 0.3) is 11.1 Å². The quantitative estimate of drug-likeness (QED) is 0.164. The zero-order chi connectivity index (χ0) is 45.9. The van der Waals surface area contributed by atoms with Gasteiger partial charge in [0.25, 0.3) is 0 Å². The number of anilines is 2. The van der Waals surface area contributed by atoms with Gasteiger partial charge in [-0.1, -0.05) is 169 Å². The van der Waals surface area contributed by atoms with E-state index in [1.165, 1.54) is 73.7 Å². The van der Waals surface area contributed by atoms with Gasteiger partial charge >= 0.3 is 0 Å². The molecule has 0 fully saturated rings. The van der Waals surface area contributed by atoms with Crippen LogP contribution in [0.2, 0.25) is 0 Å². The Labute approximate surface area is 385 Å². The minimum atomic E-state index is -4.69. The smallest absolute Gasteiger partial charge is 0.0777 e. The van der Waals surface area contributed by atoms with E-state index in [-0.39, 0.29) is 10.8 Å². The molecule has 1 N–H and O–H groups in total. The summed E-state index contributed by atoms with van der Waals surface area (Å²) < 4.78 is 32.7. The van der Waals surface area contributed by atoms with Crippen molar-refractivity contribution in [1.29, 1.82) is 0 Å². The summed E-state index contributed by atoms with van der Waals surface area (Å²) in [5, 5.41) is 4.67. The molecule has 1 atom stereocenters. The van der Waals surface area contributed by atoms with E-state index in [9.17, 15) is 0 Å². The van der Waals surface area contributed by atoms with Crippen LogP contribution >= 0.6 is 0 Å². The van der Waals surface area contributed by atoms with E-state index in [2.05, 4.69) is 192 Å². The summed E-state index contributed by atoms with van der Waals surface area (Å²) >= 11 is 0. The zero-order valence-electron chi connectivity index (χ0n) is 38.3. The number of hydrogen-bond acceptors (Lipinski definition) is 7. The summed E-state index contributed by atoms with van der Waals surface area (Å²) in [4.78, 5) is 12.8. The van der Waals surface area contributed by atoms with Crippen LogP contribution in [0.5, 0.6) is 0 Å². The van der Waals surface area contributed by atoms with E-state index in [1.807, 2.05) is 0 Å². The molecule has 0 saturated heterocycles. The fraction of sp³-hybridized carbons (Fsp3) is 0.298. The first kappa shape index (κ1) is 45.7. The van der Waals surface area contributed by atoms with Crippen molar-refractivity contribution in [3.63, 3.8) is 0 Å². The standard InChI is InChI=1S/C57H57N3.ClHO4/c1-7-9-21-41-37-51-53(45-27-17-19-29-49(45)58-51)56(3,4)47(41)35-33-39-31-32-40(55(39)60(43-23-13-11-14-24-43)44-25-15-12-16-26-44)34-36-48-42(22-10-8-2)38-52-54(57(48,5)6)46-28-18-20-30-50(46)59-52;2-1(3,4)5/h11-20,23-30,33,35,37-38,41H,7-10,21-22,31-32H2,1-6H3;(H,2,3,4,5). The third kappa shape index (κ3) is 9.47. The fourth-order valence-electron chi connectivity index (χ4n) is 10.3. The minimum absolute atomic E-state index is 0.178. The lowest BCUT2D eigenvalue weighted by molar-refractivity contribution is -1.92. The highest BCUT2D eigenvalue weighted by molar-refractivity contribution is 5.81. The van der Waals surface area contributed by atoms with Gasteiger partial charge in [0, 0.05) is 49.7 Å². The van der Waals surface area contributed by atoms with Gasteiger partial charge in [-0.15, -0.1) is 0 Å². The summed E-state index contributed by atoms with van der Waals surface area (Å²) in [7, 11) is -4.69. The summed E-state index contributed by atoms with van der Waals surface area (Å²) in [6.45, 7) is 14.1. The second-order valence-corrected chi connectivity index (χ2v) is 19.2. The molecule has 65 heavy (non-hydrogen) atoms. The highest BCUT2D eigenvalue weighted by Crippen LogP contribution is 2.51. The van der Waals surface area contributed by atoms with Crippen LogP contribution in [0, 0.1) is 38.8 Å². The maximum atomic E-state index is 8.60. The molecule has 1 unspecified atom stereocenters. The molecule has 332 valence electrons. The molecular formula is C57H58ClN3O4. The molecule has 0 aromatic heterocycles. The van der Waals surface area contributed by atoms with Gasteiger partial charge in [-0.05, 0) is 96.9 Å². The number of fused-ring (bicyclic) bond motifs is 4. The predicted octanol–water partition coefficient (Wildman–Crippen LogP) is 7.71. The Morgan fingerprint density at radius 1 is 0.692 bits per heavy atom. The van der Waals surface area contributed by atoms with Crippen LogP contribution < -0.4 is 40.0 Å². The SMILES string of the molecule is CCCCC1=C(C#CC2=C(N(c3ccccc3)c3ccccc3)C(=CC=C3C(CCCC)C=C4N=c5ccccc5=C4C3(C)C)CC2)C(C)(C)C2=c3ccccc3=NC2=C1.[O-][Cl+3]([O-])([O-])O. The van der Waals surface area contributed by atoms with Crippen molar-refractivity contribution >= 4 is 22.5 Å². The molecular weight excluding hydrogens is 826 g/mol. The predicted molar refractivity (Wildman–Crippen MR) is 252 cm³/mol. The molecule has 5 aliphatic rings. The van der Waals surface area contributed by atoms with Crippen LogP contribution in [-0.2, 0) is 0 Å². The average molecular weight is 885 g/mol. The second-order valence-electron chi connectivity index (χ2n) is 18.4. The first-order valence-corrected chi connectivity index (χ1v) is 24.2. The van der Waals surface area contributed by atoms with Gasteiger partial charge < -0.3 is 4.90 Å². The molecule has 4 aromatic rings. The van der Waals surface area contributed by atoms with E-state index in [0.29, 0.717) is 5.92 Å². The van der Waals surface area contributed by atoms with E-state index in [0.717, 1.165) is 66.3 Å². The van der Waals surface area contributed by atoms with Crippen LogP contribution in [0.4, 0.5) is 11.4 Å². The van der Waals surface area contributed by atoms with Crippen LogP contribution in [-0.4, -0.2) is 4.66 Å². The molecule has 2 aliphatic heterocycles. The lowest BCUT2D eigenvalue weighted by Crippen LogP contribution is -2.58. The van der Waals surface area contributed by atoms with Gasteiger partial charge in [-0.3, -0.25) is 0 Å². The van der Waals surface area contributed by atoms with Crippen LogP contribution in [0.1, 0.15) is 92.9 Å². The Morgan fingerprint density at radius 2 is 1.23 bits per heavy atom. The topological polar surface area (TPSA) is 117 Å². The van der Waals surface area contributed by atoms with Crippen molar-refractivity contribution in [2.75, 3.05) is 4.90 Å². The number of unbranched alkanes of at least 4 members (excludes halogenated alkanes) is 2. The highest BCUT2D eigenvalue weighted by atomic mass is 35.7. The van der Waals surface area contributed by atoms with E-state index < -0.39 is 10.2 Å². The number of hydrogen-bond donors (Lipinski definition) is 1. The maximum Gasteiger partial charge on any atom is 0.0777 e. The molecule has 0 amide bonds. The molecule has 7 nitrogen and oxygen atoms in total. The largest absolute Gasteiger partial charge is 0.309 e. The average Bonchev–Trinajstić information content (AvgIpc) is 3.98. The van der Waals surface area contributed by atoms with Crippen molar-refractivity contribution < 1.29 is 28.9 Å². The van der Waals surface area contributed by atoms with Gasteiger partial charge in [-0.25, -0.2) is 9.98 Å². The Bertz CT molecular complexity index is 2960. The molecule has 0 spiro atoms. The Hall–Kier alpha value is -5.85. The normalized spacial score (nSPS) is 20.1. The molecule has 3 aliphatic carbocycles. The first-order valence-electron chi connectivity index (χ1n) is 23.0. The molecule has 0 saturated carbocycles. The second kappa shape index (κ2) is 18.9. The minimum Gasteiger partial charge on any atom is -0.309 e. The first-order chi connectivity index (χ1) is 31.2. The van der Waals surface area contributed by atoms with Gasteiger partial charge in [0.15, 0.2) is 0 Å². The molecule has 4 aromatic carbocycles. The highest BCUT2D eigenvalue weighted by Gasteiger charge is 2.40. The molecule has 8 heteroatoms. The van der Waals surface area contributed by atoms with Gasteiger partial charge in [0.1, 0.15) is 0 Å². The van der Waals surface area contributed by atoms with Crippen LogP contribution in [0.3, 0.4) is 0 Å². The number of halogens is 1. The molecule has 0 radical (unpaired) electrons. The molecule has 9 rings (SSSR count). The molecule has 0 bridgehead atoms. The van der Waals surface area contributed by atoms with Gasteiger partial charge in [0.05, 0.1) is 42.7 Å². The third-order valence-corrected chi connectivity index (χ3v) is 13.3. The summed E-state index contributed by atoms with van der Waals surface area (Å²) in [5.41, 5.74) is 14.5. The van der Waals surface area contributed by atoms with Crippen molar-refractivity contribution in [2.24, 2.45) is 26.7 Å². The number of para-hydroxylation sites is 4. The number of rotatable bonds is 10. The Balaban J connectivity index is 0.00000109. The summed E-state index contributed by atoms with van der Waals surface area (Å²) in [5.74, 6) is 8.17. The van der Waals surface area contributed by atoms with Crippen molar-refractivity contribution in [3.05, 3.63) is 200 Å². The lowest BCUT2D eigenvalue weighted by Gasteiger charge is -2.38. The van der Waals surface area contributed by atoms with Crippen molar-refractivity contribution in [3.8, 4) is 11.8 Å². The maximum absolute atomic E-state index is 8.60. The summed E-state index contributed by atoms with van der Waals surface area (Å²) in [6, 6.07) is 39.0. The fourth-order valence-corrected chi connectivity index (χ4v) is 10.3. The Kier molecular flexibility index (Phi) is 13.3. The molecule has 2 heterocycles. The summed E-state index contributed by atoms with van der Waals surface area (Å²) in [6.07, 6.45) is 18.3. The number of nitrogens with zero attached hydrogens (tertiary/aromatic N) is 3. The van der Waals surface area contributed by atoms with E-state index in [1.54, 1.807) is 0 Å².